The van der Waals surface area contributed by atoms with Crippen LogP contribution in [0.5, 0.6) is 0 Å². The van der Waals surface area contributed by atoms with Crippen LogP contribution in [0.3, 0.4) is 0 Å². The molecule has 0 aliphatic carbocycles. The molecule has 27 heavy (non-hydrogen) atoms. The molecule has 0 radical (unpaired) electrons. The summed E-state index contributed by atoms with van der Waals surface area (Å²) in [4.78, 5) is 6.67. The van der Waals surface area contributed by atoms with Crippen molar-refractivity contribution in [1.82, 2.24) is 35.4 Å². The molecule has 1 N–H and O–H groups in total. The Balaban J connectivity index is 0.00000210. The zero-order valence-corrected chi connectivity index (χ0v) is 16.3. The van der Waals surface area contributed by atoms with Gasteiger partial charge >= 0.3 is 0 Å². The van der Waals surface area contributed by atoms with Gasteiger partial charge in [0.15, 0.2) is 11.5 Å². The van der Waals surface area contributed by atoms with Crippen LogP contribution in [0.2, 0.25) is 5.02 Å². The quantitative estimate of drug-likeness (QED) is 0.705. The number of hydrogen-bond donors (Lipinski definition) is 1. The van der Waals surface area contributed by atoms with Gasteiger partial charge in [0, 0.05) is 19.6 Å². The summed E-state index contributed by atoms with van der Waals surface area (Å²) in [5.41, 5.74) is 1.78. The maximum atomic E-state index is 13.4. The number of aromatic nitrogens is 5. The lowest BCUT2D eigenvalue weighted by Gasteiger charge is -2.30. The number of nitrogens with zero attached hydrogens (tertiary/aromatic N) is 6. The fraction of sp³-hybridized carbons (Fsp3) is 0.375. The van der Waals surface area contributed by atoms with Crippen LogP contribution < -0.4 is 5.32 Å². The van der Waals surface area contributed by atoms with Gasteiger partial charge in [0.2, 0.25) is 0 Å². The summed E-state index contributed by atoms with van der Waals surface area (Å²) in [6, 6.07) is 4.40. The number of halogens is 3. The van der Waals surface area contributed by atoms with Crippen LogP contribution in [0.1, 0.15) is 17.6 Å². The number of piperazine rings is 1. The number of hydrogen-bond acceptors (Lipinski definition) is 7. The molecular formula is C16H18Cl2FN7O. The molecule has 1 fully saturated rings. The molecule has 11 heteroatoms. The molecule has 1 saturated heterocycles. The minimum Gasteiger partial charge on any atom is -0.332 e. The molecule has 0 saturated carbocycles. The van der Waals surface area contributed by atoms with Crippen molar-refractivity contribution in [2.45, 2.75) is 13.0 Å². The van der Waals surface area contributed by atoms with Crippen molar-refractivity contribution in [3.63, 3.8) is 0 Å². The smallest absolute Gasteiger partial charge is 0.280 e. The Hall–Kier alpha value is -2.07. The summed E-state index contributed by atoms with van der Waals surface area (Å²) >= 11 is 5.85. The van der Waals surface area contributed by atoms with Crippen molar-refractivity contribution in [3.05, 3.63) is 40.6 Å². The average Bonchev–Trinajstić information content (AvgIpc) is 3.24. The first-order valence-electron chi connectivity index (χ1n) is 8.17. The van der Waals surface area contributed by atoms with Crippen molar-refractivity contribution in [1.29, 1.82) is 0 Å². The van der Waals surface area contributed by atoms with E-state index in [1.165, 1.54) is 12.1 Å². The first-order valence-corrected chi connectivity index (χ1v) is 8.55. The highest BCUT2D eigenvalue weighted by atomic mass is 35.5. The summed E-state index contributed by atoms with van der Waals surface area (Å²) in [5.74, 6) is 0.421. The van der Waals surface area contributed by atoms with Crippen molar-refractivity contribution >= 4 is 24.0 Å². The number of rotatable bonds is 3. The van der Waals surface area contributed by atoms with Gasteiger partial charge in [0.05, 0.1) is 22.4 Å². The van der Waals surface area contributed by atoms with Gasteiger partial charge in [0.1, 0.15) is 5.82 Å². The highest BCUT2D eigenvalue weighted by molar-refractivity contribution is 6.30. The number of nitrogens with one attached hydrogen (secondary N) is 1. The van der Waals surface area contributed by atoms with Crippen LogP contribution in [0.4, 0.5) is 4.39 Å². The summed E-state index contributed by atoms with van der Waals surface area (Å²) < 4.78 is 20.3. The monoisotopic (exact) mass is 413 g/mol. The molecule has 0 amide bonds. The summed E-state index contributed by atoms with van der Waals surface area (Å²) in [5, 5.41) is 15.7. The normalized spacial score (nSPS) is 17.7. The first-order chi connectivity index (χ1) is 12.5. The molecular weight excluding hydrogens is 396 g/mol. The topological polar surface area (TPSA) is 84.9 Å². The zero-order valence-electron chi connectivity index (χ0n) is 14.7. The molecule has 0 spiro atoms. The van der Waals surface area contributed by atoms with Crippen LogP contribution in [0.25, 0.3) is 17.3 Å². The minimum absolute atomic E-state index is 0. The largest absolute Gasteiger partial charge is 0.332 e. The van der Waals surface area contributed by atoms with Gasteiger partial charge in [-0.25, -0.2) is 9.07 Å². The van der Waals surface area contributed by atoms with E-state index in [0.717, 1.165) is 19.6 Å². The Bertz CT molecular complexity index is 945. The van der Waals surface area contributed by atoms with Crippen molar-refractivity contribution in [3.8, 4) is 17.3 Å². The van der Waals surface area contributed by atoms with E-state index in [1.54, 1.807) is 10.7 Å². The lowest BCUT2D eigenvalue weighted by molar-refractivity contribution is 0.190. The third-order valence-electron chi connectivity index (χ3n) is 4.50. The van der Waals surface area contributed by atoms with Crippen LogP contribution in [0.15, 0.2) is 22.7 Å². The number of likely N-dealkylation sites (N-methyl/N-ethyl adjacent to an activating group) is 1. The van der Waals surface area contributed by atoms with Crippen molar-refractivity contribution < 1.29 is 8.91 Å². The van der Waals surface area contributed by atoms with E-state index < -0.39 is 5.82 Å². The molecule has 1 aliphatic heterocycles. The Morgan fingerprint density at radius 2 is 2.19 bits per heavy atom. The second kappa shape index (κ2) is 7.89. The van der Waals surface area contributed by atoms with E-state index in [9.17, 15) is 4.39 Å². The van der Waals surface area contributed by atoms with E-state index in [0.29, 0.717) is 28.8 Å². The van der Waals surface area contributed by atoms with E-state index in [1.807, 2.05) is 14.0 Å². The van der Waals surface area contributed by atoms with E-state index in [2.05, 4.69) is 30.7 Å². The third-order valence-corrected chi connectivity index (χ3v) is 4.79. The van der Waals surface area contributed by atoms with Gasteiger partial charge in [-0.2, -0.15) is 4.98 Å². The van der Waals surface area contributed by atoms with Crippen LogP contribution in [0, 0.1) is 12.7 Å². The Morgan fingerprint density at radius 1 is 1.37 bits per heavy atom. The van der Waals surface area contributed by atoms with Crippen molar-refractivity contribution in [2.75, 3.05) is 26.7 Å². The average molecular weight is 414 g/mol. The molecule has 1 unspecified atom stereocenters. The molecule has 1 aliphatic rings. The van der Waals surface area contributed by atoms with Crippen LogP contribution >= 0.6 is 24.0 Å². The molecule has 3 heterocycles. The Kier molecular flexibility index (Phi) is 5.75. The molecule has 1 atom stereocenters. The highest BCUT2D eigenvalue weighted by Gasteiger charge is 2.27. The highest BCUT2D eigenvalue weighted by Crippen LogP contribution is 2.26. The van der Waals surface area contributed by atoms with Gasteiger partial charge < -0.3 is 9.84 Å². The van der Waals surface area contributed by atoms with E-state index in [-0.39, 0.29) is 23.5 Å². The van der Waals surface area contributed by atoms with Gasteiger partial charge in [-0.1, -0.05) is 22.0 Å². The molecule has 0 bridgehead atoms. The maximum Gasteiger partial charge on any atom is 0.280 e. The summed E-state index contributed by atoms with van der Waals surface area (Å²) in [6.07, 6.45) is 0. The van der Waals surface area contributed by atoms with Gasteiger partial charge in [0.25, 0.3) is 5.89 Å². The molecule has 2 aromatic heterocycles. The minimum atomic E-state index is -0.486. The summed E-state index contributed by atoms with van der Waals surface area (Å²) in [7, 11) is 2.03. The summed E-state index contributed by atoms with van der Waals surface area (Å²) in [6.45, 7) is 4.43. The van der Waals surface area contributed by atoms with Gasteiger partial charge in [-0.05, 0) is 32.2 Å². The molecule has 4 rings (SSSR count). The molecule has 144 valence electrons. The zero-order chi connectivity index (χ0) is 18.3. The van der Waals surface area contributed by atoms with Gasteiger partial charge in [-0.3, -0.25) is 4.90 Å². The third kappa shape index (κ3) is 3.68. The molecule has 8 nitrogen and oxygen atoms in total. The number of benzene rings is 1. The Labute approximate surface area is 166 Å². The Morgan fingerprint density at radius 3 is 2.93 bits per heavy atom. The second-order valence-electron chi connectivity index (χ2n) is 6.19. The lowest BCUT2D eigenvalue weighted by atomic mass is 10.2. The van der Waals surface area contributed by atoms with Gasteiger partial charge in [-0.15, -0.1) is 17.5 Å². The predicted octanol–water partition coefficient (Wildman–Crippen LogP) is 2.42. The molecule has 1 aromatic carbocycles. The van der Waals surface area contributed by atoms with Crippen LogP contribution in [-0.2, 0) is 0 Å². The predicted molar refractivity (Wildman–Crippen MR) is 99.8 cm³/mol. The second-order valence-corrected chi connectivity index (χ2v) is 6.60. The SMILES string of the molecule is Cc1c(-c2nc(C3CNCCN3C)no2)nnn1-c1ccc(F)c(Cl)c1.Cl. The van der Waals surface area contributed by atoms with E-state index in [4.69, 9.17) is 16.1 Å². The van der Waals surface area contributed by atoms with Crippen LogP contribution in [-0.4, -0.2) is 56.7 Å². The lowest BCUT2D eigenvalue weighted by Crippen LogP contribution is -2.44. The first kappa shape index (κ1) is 19.7. The fourth-order valence-electron chi connectivity index (χ4n) is 2.95. The standard InChI is InChI=1S/C16H17ClFN7O.ClH/c1-9-14(21-23-25(9)10-3-4-12(18)11(17)7-10)16-20-15(22-26-16)13-8-19-5-6-24(13)2;/h3-4,7,13,19H,5-6,8H2,1-2H3;1H. The van der Waals surface area contributed by atoms with Crippen molar-refractivity contribution in [2.24, 2.45) is 0 Å². The molecule has 3 aromatic rings. The fourth-order valence-corrected chi connectivity index (χ4v) is 3.12. The van der Waals surface area contributed by atoms with E-state index >= 15 is 0 Å². The maximum absolute atomic E-state index is 13.4.